The number of alkyl halides is 1. The number of carbonyl (C=O) groups excluding carboxylic acids is 1. The van der Waals surface area contributed by atoms with E-state index in [9.17, 15) is 13.6 Å². The van der Waals surface area contributed by atoms with Crippen molar-refractivity contribution < 1.29 is 18.3 Å². The normalized spacial score (nSPS) is 22.8. The summed E-state index contributed by atoms with van der Waals surface area (Å²) in [6.45, 7) is 1.29. The molecule has 5 rings (SSSR count). The summed E-state index contributed by atoms with van der Waals surface area (Å²) in [5.41, 5.74) is -0.641. The largest absolute Gasteiger partial charge is 0.487 e. The number of aromatic nitrogens is 3. The molecule has 1 aromatic heterocycles. The summed E-state index contributed by atoms with van der Waals surface area (Å²) in [6, 6.07) is 12.7. The number of benzene rings is 2. The number of hydrogen-bond acceptors (Lipinski definition) is 4. The second-order valence-corrected chi connectivity index (χ2v) is 8.85. The zero-order valence-corrected chi connectivity index (χ0v) is 17.9. The third-order valence-corrected chi connectivity index (χ3v) is 6.39. The van der Waals surface area contributed by atoms with Gasteiger partial charge in [-0.3, -0.25) is 4.79 Å². The van der Waals surface area contributed by atoms with Gasteiger partial charge < -0.3 is 9.64 Å². The Morgan fingerprint density at radius 3 is 2.66 bits per heavy atom. The molecule has 166 valence electrons. The van der Waals surface area contributed by atoms with E-state index in [1.807, 2.05) is 6.20 Å². The minimum Gasteiger partial charge on any atom is -0.487 e. The Bertz CT molecular complexity index is 1130. The zero-order chi connectivity index (χ0) is 22.3. The van der Waals surface area contributed by atoms with E-state index in [-0.39, 0.29) is 37.3 Å². The molecular formula is C23H21ClF2N4O2. The SMILES string of the molecule is O=C(C1CC(F)(c2cccc(F)c2)C1)N1CC(n2cc(COc3ccc(Cl)cc3)nn2)C1. The van der Waals surface area contributed by atoms with E-state index in [1.54, 1.807) is 39.9 Å². The molecule has 0 N–H and O–H groups in total. The number of rotatable bonds is 6. The highest BCUT2D eigenvalue weighted by Crippen LogP contribution is 2.50. The highest BCUT2D eigenvalue weighted by atomic mass is 35.5. The van der Waals surface area contributed by atoms with Crippen LogP contribution >= 0.6 is 11.6 Å². The van der Waals surface area contributed by atoms with E-state index in [2.05, 4.69) is 10.3 Å². The third-order valence-electron chi connectivity index (χ3n) is 6.14. The van der Waals surface area contributed by atoms with Crippen LogP contribution in [0.4, 0.5) is 8.78 Å². The molecule has 1 saturated heterocycles. The molecule has 2 fully saturated rings. The van der Waals surface area contributed by atoms with E-state index < -0.39 is 11.5 Å². The summed E-state index contributed by atoms with van der Waals surface area (Å²) in [6.07, 6.45) is 1.99. The average Bonchev–Trinajstić information content (AvgIpc) is 3.18. The van der Waals surface area contributed by atoms with Gasteiger partial charge >= 0.3 is 0 Å². The third kappa shape index (κ3) is 4.07. The number of likely N-dealkylation sites (tertiary alicyclic amines) is 1. The van der Waals surface area contributed by atoms with Crippen LogP contribution in [-0.4, -0.2) is 38.9 Å². The first-order valence-electron chi connectivity index (χ1n) is 10.4. The predicted octanol–water partition coefficient (Wildman–Crippen LogP) is 4.31. The topological polar surface area (TPSA) is 60.2 Å². The summed E-state index contributed by atoms with van der Waals surface area (Å²) >= 11 is 5.86. The molecule has 2 aromatic carbocycles. The number of nitrogens with zero attached hydrogens (tertiary/aromatic N) is 4. The Kier molecular flexibility index (Phi) is 5.33. The number of carbonyl (C=O) groups is 1. The maximum absolute atomic E-state index is 15.0. The van der Waals surface area contributed by atoms with Gasteiger partial charge in [0, 0.05) is 24.0 Å². The van der Waals surface area contributed by atoms with Crippen molar-refractivity contribution in [2.75, 3.05) is 13.1 Å². The highest BCUT2D eigenvalue weighted by Gasteiger charge is 2.51. The standard InChI is InChI=1S/C23H21ClF2N4O2/c24-17-4-6-21(7-5-17)32-14-19-11-30(28-27-19)20-12-29(13-20)22(31)15-9-23(26,10-15)16-2-1-3-18(25)8-16/h1-8,11,15,20H,9-10,12-14H2. The van der Waals surface area contributed by atoms with Crippen LogP contribution in [0.3, 0.4) is 0 Å². The van der Waals surface area contributed by atoms with Gasteiger partial charge in [-0.2, -0.15) is 0 Å². The van der Waals surface area contributed by atoms with Crippen LogP contribution in [0.2, 0.25) is 5.02 Å². The maximum atomic E-state index is 15.0. The molecule has 0 atom stereocenters. The van der Waals surface area contributed by atoms with Crippen molar-refractivity contribution in [2.24, 2.45) is 5.92 Å². The molecule has 1 aliphatic carbocycles. The highest BCUT2D eigenvalue weighted by molar-refractivity contribution is 6.30. The van der Waals surface area contributed by atoms with Crippen molar-refractivity contribution in [3.05, 3.63) is 76.8 Å². The number of halogens is 3. The quantitative estimate of drug-likeness (QED) is 0.552. The van der Waals surface area contributed by atoms with Crippen LogP contribution in [0, 0.1) is 11.7 Å². The molecule has 0 unspecified atom stereocenters. The van der Waals surface area contributed by atoms with Crippen molar-refractivity contribution in [3.8, 4) is 5.75 Å². The van der Waals surface area contributed by atoms with Crippen molar-refractivity contribution >= 4 is 17.5 Å². The van der Waals surface area contributed by atoms with Crippen LogP contribution in [0.15, 0.2) is 54.7 Å². The molecule has 9 heteroatoms. The molecule has 3 aromatic rings. The second-order valence-electron chi connectivity index (χ2n) is 8.41. The van der Waals surface area contributed by atoms with Gasteiger partial charge in [-0.05, 0) is 54.8 Å². The van der Waals surface area contributed by atoms with Crippen LogP contribution in [0.25, 0.3) is 0 Å². The first kappa shape index (κ1) is 20.9. The van der Waals surface area contributed by atoms with Crippen molar-refractivity contribution in [1.29, 1.82) is 0 Å². The fraction of sp³-hybridized carbons (Fsp3) is 0.348. The summed E-state index contributed by atoms with van der Waals surface area (Å²) in [4.78, 5) is 14.4. The van der Waals surface area contributed by atoms with Gasteiger partial charge in [0.05, 0.1) is 12.2 Å². The molecular weight excluding hydrogens is 438 g/mol. The molecule has 32 heavy (non-hydrogen) atoms. The minimum atomic E-state index is -1.63. The van der Waals surface area contributed by atoms with Gasteiger partial charge in [-0.1, -0.05) is 28.9 Å². The van der Waals surface area contributed by atoms with E-state index in [4.69, 9.17) is 16.3 Å². The monoisotopic (exact) mass is 458 g/mol. The molecule has 0 bridgehead atoms. The predicted molar refractivity (Wildman–Crippen MR) is 113 cm³/mol. The minimum absolute atomic E-state index is 0.0363. The Morgan fingerprint density at radius 1 is 1.19 bits per heavy atom. The fourth-order valence-electron chi connectivity index (χ4n) is 4.21. The number of amides is 1. The van der Waals surface area contributed by atoms with Crippen molar-refractivity contribution in [1.82, 2.24) is 19.9 Å². The van der Waals surface area contributed by atoms with Gasteiger partial charge in [-0.15, -0.1) is 5.10 Å². The number of ether oxygens (including phenoxy) is 1. The maximum Gasteiger partial charge on any atom is 0.226 e. The fourth-order valence-corrected chi connectivity index (χ4v) is 4.33. The molecule has 0 radical (unpaired) electrons. The van der Waals surface area contributed by atoms with Crippen LogP contribution in [0.5, 0.6) is 5.75 Å². The Hall–Kier alpha value is -3.00. The molecule has 1 saturated carbocycles. The lowest BCUT2D eigenvalue weighted by Gasteiger charge is -2.46. The molecule has 6 nitrogen and oxygen atoms in total. The van der Waals surface area contributed by atoms with E-state index in [0.717, 1.165) is 0 Å². The summed E-state index contributed by atoms with van der Waals surface area (Å²) in [7, 11) is 0. The van der Waals surface area contributed by atoms with Crippen molar-refractivity contribution in [2.45, 2.75) is 31.2 Å². The first-order chi connectivity index (χ1) is 15.4. The Labute approximate surface area is 188 Å². The van der Waals surface area contributed by atoms with Gasteiger partial charge in [0.1, 0.15) is 29.5 Å². The van der Waals surface area contributed by atoms with E-state index >= 15 is 0 Å². The first-order valence-corrected chi connectivity index (χ1v) is 10.8. The van der Waals surface area contributed by atoms with Crippen LogP contribution in [-0.2, 0) is 17.1 Å². The summed E-state index contributed by atoms with van der Waals surface area (Å²) < 4.78 is 35.8. The van der Waals surface area contributed by atoms with E-state index in [0.29, 0.717) is 35.1 Å². The lowest BCUT2D eigenvalue weighted by atomic mass is 9.68. The summed E-state index contributed by atoms with van der Waals surface area (Å²) in [5, 5.41) is 8.90. The van der Waals surface area contributed by atoms with Gasteiger partial charge in [0.2, 0.25) is 5.91 Å². The smallest absolute Gasteiger partial charge is 0.226 e. The van der Waals surface area contributed by atoms with Crippen LogP contribution in [0.1, 0.15) is 30.1 Å². The van der Waals surface area contributed by atoms with Crippen molar-refractivity contribution in [3.63, 3.8) is 0 Å². The van der Waals surface area contributed by atoms with E-state index in [1.165, 1.54) is 18.2 Å². The molecule has 1 amide bonds. The summed E-state index contributed by atoms with van der Waals surface area (Å²) in [5.74, 6) is -0.210. The lowest BCUT2D eigenvalue weighted by molar-refractivity contribution is -0.151. The van der Waals surface area contributed by atoms with Crippen LogP contribution < -0.4 is 4.74 Å². The molecule has 1 aliphatic heterocycles. The Morgan fingerprint density at radius 2 is 1.94 bits per heavy atom. The molecule has 2 aliphatic rings. The zero-order valence-electron chi connectivity index (χ0n) is 17.1. The van der Waals surface area contributed by atoms with Gasteiger partial charge in [0.15, 0.2) is 0 Å². The average molecular weight is 459 g/mol. The molecule has 2 heterocycles. The van der Waals surface area contributed by atoms with Gasteiger partial charge in [-0.25, -0.2) is 13.5 Å². The van der Waals surface area contributed by atoms with Gasteiger partial charge in [0.25, 0.3) is 0 Å². The Balaban J connectivity index is 1.10. The molecule has 0 spiro atoms. The number of hydrogen-bond donors (Lipinski definition) is 0. The lowest BCUT2D eigenvalue weighted by Crippen LogP contribution is -2.56. The second kappa shape index (κ2) is 8.16.